The summed E-state index contributed by atoms with van der Waals surface area (Å²) in [6.07, 6.45) is 5.57. The maximum Gasteiger partial charge on any atom is 0.408 e. The molecule has 1 fully saturated rings. The number of ether oxygens (including phenoxy) is 2. The Hall–Kier alpha value is -3.29. The van der Waals surface area contributed by atoms with Crippen molar-refractivity contribution in [1.29, 1.82) is 0 Å². The zero-order chi connectivity index (χ0) is 24.3. The molecule has 182 valence electrons. The molecule has 1 atom stereocenters. The highest BCUT2D eigenvalue weighted by Gasteiger charge is 2.29. The van der Waals surface area contributed by atoms with E-state index in [-0.39, 0.29) is 18.0 Å². The number of piperidine rings is 1. The second-order valence-corrected chi connectivity index (χ2v) is 9.93. The van der Waals surface area contributed by atoms with E-state index in [9.17, 15) is 9.59 Å². The van der Waals surface area contributed by atoms with Crippen LogP contribution in [0, 0.1) is 0 Å². The lowest BCUT2D eigenvalue weighted by molar-refractivity contribution is 0.0491. The molecule has 8 nitrogen and oxygen atoms in total. The number of hydrogen-bond acceptors (Lipinski definition) is 6. The van der Waals surface area contributed by atoms with E-state index in [0.29, 0.717) is 24.3 Å². The summed E-state index contributed by atoms with van der Waals surface area (Å²) >= 11 is 0. The molecule has 34 heavy (non-hydrogen) atoms. The van der Waals surface area contributed by atoms with Crippen molar-refractivity contribution < 1.29 is 19.1 Å². The lowest BCUT2D eigenvalue weighted by Crippen LogP contribution is -2.45. The molecule has 1 aromatic heterocycles. The van der Waals surface area contributed by atoms with Crippen molar-refractivity contribution in [2.75, 3.05) is 31.6 Å². The minimum absolute atomic E-state index is 0.0215. The summed E-state index contributed by atoms with van der Waals surface area (Å²) < 4.78 is 11.2. The fourth-order valence-corrected chi connectivity index (χ4v) is 4.56. The molecule has 2 aromatic rings. The van der Waals surface area contributed by atoms with Gasteiger partial charge in [0.05, 0.1) is 12.6 Å². The largest absolute Gasteiger partial charge is 0.493 e. The summed E-state index contributed by atoms with van der Waals surface area (Å²) in [6.45, 7) is 7.78. The highest BCUT2D eigenvalue weighted by molar-refractivity contribution is 5.94. The van der Waals surface area contributed by atoms with Crippen LogP contribution in [0.3, 0.4) is 0 Å². The topological polar surface area (TPSA) is 84.0 Å². The Kier molecular flexibility index (Phi) is 6.95. The molecule has 2 aliphatic heterocycles. The fraction of sp³-hybridized carbons (Fsp3) is 0.500. The number of fused-ring (bicyclic) bond motifs is 1. The van der Waals surface area contributed by atoms with E-state index in [4.69, 9.17) is 9.47 Å². The van der Waals surface area contributed by atoms with Gasteiger partial charge in [0.25, 0.3) is 5.91 Å². The highest BCUT2D eigenvalue weighted by Crippen LogP contribution is 2.33. The van der Waals surface area contributed by atoms with Crippen molar-refractivity contribution >= 4 is 17.7 Å². The molecule has 1 unspecified atom stereocenters. The van der Waals surface area contributed by atoms with Crippen LogP contribution in [0.2, 0.25) is 0 Å². The Morgan fingerprint density at radius 3 is 2.50 bits per heavy atom. The first-order valence-corrected chi connectivity index (χ1v) is 11.9. The number of benzene rings is 1. The Bertz CT molecular complexity index is 1010. The molecule has 1 N–H and O–H groups in total. The smallest absolute Gasteiger partial charge is 0.408 e. The van der Waals surface area contributed by atoms with Crippen LogP contribution in [0.5, 0.6) is 5.75 Å². The van der Waals surface area contributed by atoms with Gasteiger partial charge in [-0.1, -0.05) is 0 Å². The van der Waals surface area contributed by atoms with Crippen LogP contribution in [0.4, 0.5) is 10.5 Å². The van der Waals surface area contributed by atoms with Crippen LogP contribution < -0.4 is 15.0 Å². The number of nitrogens with one attached hydrogen (secondary N) is 1. The molecule has 1 aromatic carbocycles. The van der Waals surface area contributed by atoms with Crippen molar-refractivity contribution in [2.24, 2.45) is 0 Å². The standard InChI is InChI=1S/C26H34N4O4/c1-26(2,3)34-25(32)28-22-11-16-33-23-6-5-18(17-21(22)23)24(31)29(4)19-9-14-30(15-10-19)20-7-12-27-13-8-20/h5-8,12-13,17,19,22H,9-11,14-16H2,1-4H3,(H,28,32). The van der Waals surface area contributed by atoms with E-state index < -0.39 is 11.7 Å². The van der Waals surface area contributed by atoms with E-state index in [0.717, 1.165) is 31.5 Å². The van der Waals surface area contributed by atoms with Gasteiger partial charge in [0.1, 0.15) is 11.4 Å². The average Bonchev–Trinajstić information content (AvgIpc) is 2.82. The predicted molar refractivity (Wildman–Crippen MR) is 130 cm³/mol. The summed E-state index contributed by atoms with van der Waals surface area (Å²) in [5, 5.41) is 2.93. The van der Waals surface area contributed by atoms with Gasteiger partial charge in [0.15, 0.2) is 0 Å². The monoisotopic (exact) mass is 466 g/mol. The quantitative estimate of drug-likeness (QED) is 0.728. The van der Waals surface area contributed by atoms with Crippen LogP contribution in [0.1, 0.15) is 62.0 Å². The molecule has 3 heterocycles. The van der Waals surface area contributed by atoms with Gasteiger partial charge in [-0.05, 0) is 63.9 Å². The van der Waals surface area contributed by atoms with Crippen LogP contribution in [-0.4, -0.2) is 60.3 Å². The SMILES string of the molecule is CN(C(=O)c1ccc2c(c1)C(NC(=O)OC(C)(C)C)CCO2)C1CCN(c2ccncc2)CC1. The van der Waals surface area contributed by atoms with E-state index in [1.807, 2.05) is 69.4 Å². The highest BCUT2D eigenvalue weighted by atomic mass is 16.6. The second-order valence-electron chi connectivity index (χ2n) is 9.93. The summed E-state index contributed by atoms with van der Waals surface area (Å²) in [6, 6.07) is 9.43. The van der Waals surface area contributed by atoms with E-state index in [1.54, 1.807) is 6.07 Å². The molecule has 1 saturated heterocycles. The number of nitrogens with zero attached hydrogens (tertiary/aromatic N) is 3. The van der Waals surface area contributed by atoms with Gasteiger partial charge < -0.3 is 24.6 Å². The normalized spacial score (nSPS) is 18.5. The summed E-state index contributed by atoms with van der Waals surface area (Å²) in [4.78, 5) is 34.0. The van der Waals surface area contributed by atoms with Crippen LogP contribution >= 0.6 is 0 Å². The lowest BCUT2D eigenvalue weighted by Gasteiger charge is -2.38. The second kappa shape index (κ2) is 9.91. The molecule has 2 amide bonds. The zero-order valence-electron chi connectivity index (χ0n) is 20.4. The van der Waals surface area contributed by atoms with E-state index >= 15 is 0 Å². The van der Waals surface area contributed by atoms with Crippen molar-refractivity contribution in [3.05, 3.63) is 53.9 Å². The van der Waals surface area contributed by atoms with Gasteiger partial charge in [-0.3, -0.25) is 9.78 Å². The molecule has 8 heteroatoms. The number of rotatable bonds is 4. The lowest BCUT2D eigenvalue weighted by atomic mass is 9.97. The van der Waals surface area contributed by atoms with Gasteiger partial charge in [-0.25, -0.2) is 4.79 Å². The molecule has 0 bridgehead atoms. The number of carbonyl (C=O) groups is 2. The molecule has 2 aliphatic rings. The third-order valence-corrected chi connectivity index (χ3v) is 6.35. The minimum atomic E-state index is -0.578. The van der Waals surface area contributed by atoms with Crippen LogP contribution in [-0.2, 0) is 4.74 Å². The van der Waals surface area contributed by atoms with Crippen molar-refractivity contribution in [2.45, 2.75) is 57.7 Å². The first-order valence-electron chi connectivity index (χ1n) is 11.9. The number of amides is 2. The molecule has 0 radical (unpaired) electrons. The van der Waals surface area contributed by atoms with Crippen molar-refractivity contribution in [3.63, 3.8) is 0 Å². The van der Waals surface area contributed by atoms with Crippen LogP contribution in [0.25, 0.3) is 0 Å². The van der Waals surface area contributed by atoms with Crippen LogP contribution in [0.15, 0.2) is 42.7 Å². The van der Waals surface area contributed by atoms with E-state index in [2.05, 4.69) is 15.2 Å². The Morgan fingerprint density at radius 1 is 1.12 bits per heavy atom. The predicted octanol–water partition coefficient (Wildman–Crippen LogP) is 4.17. The summed E-state index contributed by atoms with van der Waals surface area (Å²) in [5.74, 6) is 0.670. The first-order chi connectivity index (χ1) is 16.2. The molecule has 0 saturated carbocycles. The van der Waals surface area contributed by atoms with Gasteiger partial charge >= 0.3 is 6.09 Å². The zero-order valence-corrected chi connectivity index (χ0v) is 20.4. The number of aromatic nitrogens is 1. The number of anilines is 1. The number of carbonyl (C=O) groups excluding carboxylic acids is 2. The minimum Gasteiger partial charge on any atom is -0.493 e. The molecule has 0 aliphatic carbocycles. The number of hydrogen-bond donors (Lipinski definition) is 1. The number of alkyl carbamates (subject to hydrolysis) is 1. The molecule has 0 spiro atoms. The molecular formula is C26H34N4O4. The average molecular weight is 467 g/mol. The maximum absolute atomic E-state index is 13.3. The number of pyridine rings is 1. The van der Waals surface area contributed by atoms with Gasteiger partial charge in [0, 0.05) is 61.8 Å². The van der Waals surface area contributed by atoms with Crippen molar-refractivity contribution in [3.8, 4) is 5.75 Å². The van der Waals surface area contributed by atoms with Crippen molar-refractivity contribution in [1.82, 2.24) is 15.2 Å². The Balaban J connectivity index is 1.42. The van der Waals surface area contributed by atoms with E-state index in [1.165, 1.54) is 5.69 Å². The third kappa shape index (κ3) is 5.61. The summed E-state index contributed by atoms with van der Waals surface area (Å²) in [5.41, 5.74) is 2.00. The Labute approximate surface area is 201 Å². The van der Waals surface area contributed by atoms with Gasteiger partial charge in [-0.15, -0.1) is 0 Å². The van der Waals surface area contributed by atoms with Gasteiger partial charge in [0.2, 0.25) is 0 Å². The third-order valence-electron chi connectivity index (χ3n) is 6.35. The fourth-order valence-electron chi connectivity index (χ4n) is 4.56. The molecule has 4 rings (SSSR count). The molecular weight excluding hydrogens is 432 g/mol. The maximum atomic E-state index is 13.3. The Morgan fingerprint density at radius 2 is 1.82 bits per heavy atom. The first kappa shape index (κ1) is 23.9. The van der Waals surface area contributed by atoms with Gasteiger partial charge in [-0.2, -0.15) is 0 Å². The summed E-state index contributed by atoms with van der Waals surface area (Å²) in [7, 11) is 1.88.